The molecule has 0 heterocycles. The van der Waals surface area contributed by atoms with E-state index in [1.807, 2.05) is 4.90 Å². The summed E-state index contributed by atoms with van der Waals surface area (Å²) >= 11 is 0. The van der Waals surface area contributed by atoms with Gasteiger partial charge in [-0.25, -0.2) is 0 Å². The molecule has 0 unspecified atom stereocenters. The smallest absolute Gasteiger partial charge is 0.222 e. The molecule has 0 radical (unpaired) electrons. The maximum absolute atomic E-state index is 12.1. The topological polar surface area (TPSA) is 20.3 Å². The zero-order valence-corrected chi connectivity index (χ0v) is 11.0. The average Bonchev–Trinajstić information content (AvgIpc) is 2.31. The van der Waals surface area contributed by atoms with Crippen molar-refractivity contribution in [3.63, 3.8) is 0 Å². The Kier molecular flexibility index (Phi) is 6.51. The van der Waals surface area contributed by atoms with Crippen LogP contribution < -0.4 is 0 Å². The fourth-order valence-electron chi connectivity index (χ4n) is 2.58. The molecule has 0 bridgehead atoms. The minimum atomic E-state index is 0.392. The normalized spacial score (nSPS) is 17.4. The molecule has 0 N–H and O–H groups in total. The van der Waals surface area contributed by atoms with Crippen LogP contribution in [0.3, 0.4) is 0 Å². The molecule has 1 fully saturated rings. The van der Waals surface area contributed by atoms with Gasteiger partial charge in [0.2, 0.25) is 5.91 Å². The second-order valence-electron chi connectivity index (χ2n) is 5.04. The number of nitrogens with zero attached hydrogens (tertiary/aromatic N) is 1. The van der Waals surface area contributed by atoms with Gasteiger partial charge in [0.05, 0.1) is 0 Å². The van der Waals surface area contributed by atoms with E-state index in [2.05, 4.69) is 13.8 Å². The number of carbonyl (C=O) groups is 1. The molecule has 0 saturated heterocycles. The molecule has 1 rings (SSSR count). The lowest BCUT2D eigenvalue weighted by Gasteiger charge is -2.26. The minimum Gasteiger partial charge on any atom is -0.343 e. The Balaban J connectivity index is 2.29. The van der Waals surface area contributed by atoms with Crippen LogP contribution in [0, 0.1) is 5.92 Å². The van der Waals surface area contributed by atoms with Crippen LogP contribution in [0.1, 0.15) is 65.2 Å². The molecule has 2 nitrogen and oxygen atoms in total. The van der Waals surface area contributed by atoms with Gasteiger partial charge < -0.3 is 4.90 Å². The number of hydrogen-bond donors (Lipinski definition) is 0. The predicted molar refractivity (Wildman–Crippen MR) is 68.4 cm³/mol. The quantitative estimate of drug-likeness (QED) is 0.676. The van der Waals surface area contributed by atoms with Gasteiger partial charge >= 0.3 is 0 Å². The summed E-state index contributed by atoms with van der Waals surface area (Å²) < 4.78 is 0. The second-order valence-corrected chi connectivity index (χ2v) is 5.04. The summed E-state index contributed by atoms with van der Waals surface area (Å²) in [5, 5.41) is 0. The van der Waals surface area contributed by atoms with Crippen LogP contribution in [0.15, 0.2) is 0 Å². The molecular formula is C14H27NO. The van der Waals surface area contributed by atoms with Crippen molar-refractivity contribution < 1.29 is 4.79 Å². The fourth-order valence-corrected chi connectivity index (χ4v) is 2.58. The van der Waals surface area contributed by atoms with Gasteiger partial charge in [-0.05, 0) is 32.1 Å². The lowest BCUT2D eigenvalue weighted by molar-refractivity contribution is -0.132. The van der Waals surface area contributed by atoms with Crippen LogP contribution in [0.4, 0.5) is 0 Å². The zero-order valence-electron chi connectivity index (χ0n) is 11.0. The Hall–Kier alpha value is -0.530. The molecule has 94 valence electrons. The molecular weight excluding hydrogens is 198 g/mol. The number of amides is 1. The van der Waals surface area contributed by atoms with Crippen molar-refractivity contribution in [1.29, 1.82) is 0 Å². The van der Waals surface area contributed by atoms with E-state index in [0.29, 0.717) is 11.8 Å². The van der Waals surface area contributed by atoms with Crippen LogP contribution in [-0.4, -0.2) is 23.9 Å². The molecule has 0 atom stereocenters. The van der Waals surface area contributed by atoms with Crippen LogP contribution >= 0.6 is 0 Å². The third-order valence-electron chi connectivity index (χ3n) is 3.70. The van der Waals surface area contributed by atoms with Crippen molar-refractivity contribution in [1.82, 2.24) is 4.90 Å². The van der Waals surface area contributed by atoms with Gasteiger partial charge in [0.1, 0.15) is 0 Å². The third kappa shape index (κ3) is 4.54. The lowest BCUT2D eigenvalue weighted by Crippen LogP contribution is -2.33. The molecule has 1 saturated carbocycles. The van der Waals surface area contributed by atoms with Crippen LogP contribution in [0.25, 0.3) is 0 Å². The van der Waals surface area contributed by atoms with Gasteiger partial charge in [0.15, 0.2) is 0 Å². The Morgan fingerprint density at radius 3 is 2.44 bits per heavy atom. The first kappa shape index (κ1) is 13.5. The Morgan fingerprint density at radius 1 is 1.19 bits per heavy atom. The standard InChI is InChI=1S/C14H27NO/c1-3-5-11-15(4-2)14(16)12-13-9-7-6-8-10-13/h13H,3-12H2,1-2H3. The monoisotopic (exact) mass is 225 g/mol. The number of hydrogen-bond acceptors (Lipinski definition) is 1. The summed E-state index contributed by atoms with van der Waals surface area (Å²) in [5.41, 5.74) is 0. The highest BCUT2D eigenvalue weighted by molar-refractivity contribution is 5.76. The van der Waals surface area contributed by atoms with Crippen molar-refractivity contribution in [2.24, 2.45) is 5.92 Å². The van der Waals surface area contributed by atoms with E-state index in [9.17, 15) is 4.79 Å². The van der Waals surface area contributed by atoms with E-state index in [4.69, 9.17) is 0 Å². The Labute approximate surface area is 100 Å². The zero-order chi connectivity index (χ0) is 11.8. The molecule has 1 aliphatic carbocycles. The SMILES string of the molecule is CCCCN(CC)C(=O)CC1CCCCC1. The fraction of sp³-hybridized carbons (Fsp3) is 0.929. The maximum Gasteiger partial charge on any atom is 0.222 e. The summed E-state index contributed by atoms with van der Waals surface area (Å²) in [6.45, 7) is 6.11. The number of unbranched alkanes of at least 4 members (excludes halogenated alkanes) is 1. The summed E-state index contributed by atoms with van der Waals surface area (Å²) in [6.07, 6.45) is 9.71. The van der Waals surface area contributed by atoms with Crippen LogP contribution in [0.2, 0.25) is 0 Å². The van der Waals surface area contributed by atoms with Crippen molar-refractivity contribution in [3.05, 3.63) is 0 Å². The first-order valence-electron chi connectivity index (χ1n) is 7.05. The average molecular weight is 225 g/mol. The van der Waals surface area contributed by atoms with Gasteiger partial charge in [0, 0.05) is 19.5 Å². The molecule has 1 aliphatic rings. The summed E-state index contributed by atoms with van der Waals surface area (Å²) in [5.74, 6) is 1.07. The summed E-state index contributed by atoms with van der Waals surface area (Å²) in [7, 11) is 0. The van der Waals surface area contributed by atoms with Crippen molar-refractivity contribution in [2.75, 3.05) is 13.1 Å². The van der Waals surface area contributed by atoms with Crippen molar-refractivity contribution in [2.45, 2.75) is 65.2 Å². The Bertz CT molecular complexity index is 197. The van der Waals surface area contributed by atoms with Crippen LogP contribution in [0.5, 0.6) is 0 Å². The largest absolute Gasteiger partial charge is 0.343 e. The molecule has 16 heavy (non-hydrogen) atoms. The highest BCUT2D eigenvalue weighted by Crippen LogP contribution is 2.26. The van der Waals surface area contributed by atoms with E-state index in [0.717, 1.165) is 25.9 Å². The molecule has 2 heteroatoms. The minimum absolute atomic E-state index is 0.392. The molecule has 0 aliphatic heterocycles. The first-order chi connectivity index (χ1) is 7.77. The third-order valence-corrected chi connectivity index (χ3v) is 3.70. The molecule has 0 spiro atoms. The van der Waals surface area contributed by atoms with Crippen LogP contribution in [-0.2, 0) is 4.79 Å². The Morgan fingerprint density at radius 2 is 1.88 bits per heavy atom. The summed E-state index contributed by atoms with van der Waals surface area (Å²) in [4.78, 5) is 14.1. The molecule has 0 aromatic carbocycles. The lowest BCUT2D eigenvalue weighted by atomic mass is 9.86. The number of rotatable bonds is 6. The predicted octanol–water partition coefficient (Wildman–Crippen LogP) is 3.61. The van der Waals surface area contributed by atoms with Gasteiger partial charge in [0.25, 0.3) is 0 Å². The first-order valence-corrected chi connectivity index (χ1v) is 7.05. The highest BCUT2D eigenvalue weighted by atomic mass is 16.2. The molecule has 0 aromatic heterocycles. The van der Waals surface area contributed by atoms with E-state index < -0.39 is 0 Å². The molecule has 0 aromatic rings. The summed E-state index contributed by atoms with van der Waals surface area (Å²) in [6, 6.07) is 0. The maximum atomic E-state index is 12.1. The molecule has 1 amide bonds. The van der Waals surface area contributed by atoms with E-state index >= 15 is 0 Å². The second kappa shape index (κ2) is 7.70. The van der Waals surface area contributed by atoms with Gasteiger partial charge in [-0.15, -0.1) is 0 Å². The van der Waals surface area contributed by atoms with E-state index in [-0.39, 0.29) is 0 Å². The number of carbonyl (C=O) groups excluding carboxylic acids is 1. The van der Waals surface area contributed by atoms with Crippen molar-refractivity contribution >= 4 is 5.91 Å². The van der Waals surface area contributed by atoms with E-state index in [1.54, 1.807) is 0 Å². The van der Waals surface area contributed by atoms with Gasteiger partial charge in [-0.2, -0.15) is 0 Å². The van der Waals surface area contributed by atoms with Crippen molar-refractivity contribution in [3.8, 4) is 0 Å². The van der Waals surface area contributed by atoms with E-state index in [1.165, 1.54) is 38.5 Å². The highest BCUT2D eigenvalue weighted by Gasteiger charge is 2.19. The van der Waals surface area contributed by atoms with Gasteiger partial charge in [-0.3, -0.25) is 4.79 Å². The van der Waals surface area contributed by atoms with Gasteiger partial charge in [-0.1, -0.05) is 32.6 Å².